The van der Waals surface area contributed by atoms with Crippen LogP contribution >= 0.6 is 11.3 Å². The first-order valence-corrected chi connectivity index (χ1v) is 11.5. The molecular weight excluding hydrogens is 398 g/mol. The molecule has 0 spiro atoms. The summed E-state index contributed by atoms with van der Waals surface area (Å²) in [5, 5.41) is 4.51. The molecule has 7 heteroatoms. The van der Waals surface area contributed by atoms with Crippen molar-refractivity contribution in [2.75, 3.05) is 13.1 Å². The second kappa shape index (κ2) is 7.96. The van der Waals surface area contributed by atoms with Gasteiger partial charge in [0, 0.05) is 30.0 Å². The molecule has 2 fully saturated rings. The minimum absolute atomic E-state index is 0.109. The number of fused-ring (bicyclic) bond motifs is 1. The summed E-state index contributed by atoms with van der Waals surface area (Å²) in [6.45, 7) is 3.49. The monoisotopic (exact) mass is 423 g/mol. The van der Waals surface area contributed by atoms with Crippen LogP contribution in [0.3, 0.4) is 0 Å². The van der Waals surface area contributed by atoms with E-state index < -0.39 is 6.04 Å². The Bertz CT molecular complexity index is 980. The number of nitrogens with zero attached hydrogens (tertiary/aromatic N) is 2. The molecule has 3 amide bonds. The highest BCUT2D eigenvalue weighted by atomic mass is 32.1. The predicted molar refractivity (Wildman–Crippen MR) is 114 cm³/mol. The molecule has 2 saturated heterocycles. The standard InChI is InChI=1S/C23H25N3O3S/c27-21-6-5-19(22(28)24-21)26-14-17-12-15(3-4-18(17)23(26)29)13-25-9-7-16(8-10-25)20-2-1-11-30-20/h1-4,11-12,16,19H,5-10,13-14H2,(H,24,27,28). The summed E-state index contributed by atoms with van der Waals surface area (Å²) < 4.78 is 0. The molecule has 5 rings (SSSR count). The molecular formula is C23H25N3O3S. The number of likely N-dealkylation sites (tertiary alicyclic amines) is 1. The van der Waals surface area contributed by atoms with Crippen molar-refractivity contribution in [1.82, 2.24) is 15.1 Å². The quantitative estimate of drug-likeness (QED) is 0.768. The Morgan fingerprint density at radius 1 is 1.07 bits per heavy atom. The zero-order valence-electron chi connectivity index (χ0n) is 16.8. The normalized spacial score (nSPS) is 23.0. The fourth-order valence-corrected chi connectivity index (χ4v) is 5.78. The van der Waals surface area contributed by atoms with Crippen molar-refractivity contribution in [2.45, 2.75) is 50.7 Å². The maximum Gasteiger partial charge on any atom is 0.255 e. The predicted octanol–water partition coefficient (Wildman–Crippen LogP) is 2.89. The van der Waals surface area contributed by atoms with Crippen LogP contribution < -0.4 is 5.32 Å². The molecule has 0 saturated carbocycles. The van der Waals surface area contributed by atoms with Gasteiger partial charge in [0.15, 0.2) is 0 Å². The molecule has 1 N–H and O–H groups in total. The minimum atomic E-state index is -0.553. The topological polar surface area (TPSA) is 69.7 Å². The zero-order chi connectivity index (χ0) is 20.7. The van der Waals surface area contributed by atoms with Gasteiger partial charge in [-0.25, -0.2) is 0 Å². The van der Waals surface area contributed by atoms with Crippen LogP contribution in [0, 0.1) is 0 Å². The summed E-state index contributed by atoms with van der Waals surface area (Å²) in [6.07, 6.45) is 3.06. The average molecular weight is 424 g/mol. The molecule has 4 heterocycles. The highest BCUT2D eigenvalue weighted by Crippen LogP contribution is 2.32. The summed E-state index contributed by atoms with van der Waals surface area (Å²) in [4.78, 5) is 42.0. The number of hydrogen-bond donors (Lipinski definition) is 1. The maximum absolute atomic E-state index is 12.8. The van der Waals surface area contributed by atoms with Crippen molar-refractivity contribution >= 4 is 29.1 Å². The van der Waals surface area contributed by atoms with E-state index in [1.54, 1.807) is 4.90 Å². The number of carbonyl (C=O) groups is 3. The van der Waals surface area contributed by atoms with Crippen LogP contribution in [0.5, 0.6) is 0 Å². The number of imide groups is 1. The third kappa shape index (κ3) is 3.68. The maximum atomic E-state index is 12.8. The Labute approximate surface area is 179 Å². The molecule has 0 bridgehead atoms. The molecule has 1 aromatic heterocycles. The number of benzene rings is 1. The molecule has 3 aliphatic rings. The van der Waals surface area contributed by atoms with Crippen LogP contribution in [0.25, 0.3) is 0 Å². The summed E-state index contributed by atoms with van der Waals surface area (Å²) in [5.41, 5.74) is 2.87. The van der Waals surface area contributed by atoms with Gasteiger partial charge in [-0.15, -0.1) is 11.3 Å². The molecule has 1 atom stereocenters. The lowest BCUT2D eigenvalue weighted by molar-refractivity contribution is -0.136. The number of amides is 3. The van der Waals surface area contributed by atoms with Gasteiger partial charge in [0.2, 0.25) is 11.8 Å². The number of piperidine rings is 2. The summed E-state index contributed by atoms with van der Waals surface area (Å²) in [6, 6.07) is 9.88. The van der Waals surface area contributed by atoms with E-state index in [9.17, 15) is 14.4 Å². The number of hydrogen-bond acceptors (Lipinski definition) is 5. The highest BCUT2D eigenvalue weighted by molar-refractivity contribution is 7.10. The molecule has 2 aromatic rings. The summed E-state index contributed by atoms with van der Waals surface area (Å²) in [7, 11) is 0. The van der Waals surface area contributed by atoms with Crippen LogP contribution in [-0.4, -0.2) is 46.7 Å². The Hall–Kier alpha value is -2.51. The smallest absolute Gasteiger partial charge is 0.255 e. The fourth-order valence-electron chi connectivity index (χ4n) is 4.88. The van der Waals surface area contributed by atoms with Crippen molar-refractivity contribution in [3.63, 3.8) is 0 Å². The van der Waals surface area contributed by atoms with Crippen LogP contribution in [0.2, 0.25) is 0 Å². The highest BCUT2D eigenvalue weighted by Gasteiger charge is 2.39. The van der Waals surface area contributed by atoms with E-state index in [0.29, 0.717) is 24.4 Å². The second-order valence-corrected chi connectivity index (χ2v) is 9.44. The lowest BCUT2D eigenvalue weighted by Crippen LogP contribution is -2.52. The lowest BCUT2D eigenvalue weighted by atomic mass is 9.95. The molecule has 156 valence electrons. The van der Waals surface area contributed by atoms with E-state index in [2.05, 4.69) is 33.8 Å². The fraction of sp³-hybridized carbons (Fsp3) is 0.435. The number of thiophene rings is 1. The van der Waals surface area contributed by atoms with E-state index in [0.717, 1.165) is 25.2 Å². The summed E-state index contributed by atoms with van der Waals surface area (Å²) in [5.74, 6) is -0.0458. The minimum Gasteiger partial charge on any atom is -0.322 e. The molecule has 3 aliphatic heterocycles. The van der Waals surface area contributed by atoms with Crippen LogP contribution in [-0.2, 0) is 22.7 Å². The van der Waals surface area contributed by atoms with Crippen molar-refractivity contribution in [3.8, 4) is 0 Å². The SMILES string of the molecule is O=C1CCC(N2Cc3cc(CN4CCC(c5cccs5)CC4)ccc3C2=O)C(=O)N1. The molecule has 30 heavy (non-hydrogen) atoms. The van der Waals surface area contributed by atoms with Crippen molar-refractivity contribution in [1.29, 1.82) is 0 Å². The second-order valence-electron chi connectivity index (χ2n) is 8.46. The van der Waals surface area contributed by atoms with Crippen LogP contribution in [0.4, 0.5) is 0 Å². The molecule has 0 aliphatic carbocycles. The van der Waals surface area contributed by atoms with Gasteiger partial charge < -0.3 is 4.90 Å². The van der Waals surface area contributed by atoms with Crippen LogP contribution in [0.1, 0.15) is 58.0 Å². The Kier molecular flexibility index (Phi) is 5.16. The number of nitrogens with one attached hydrogen (secondary N) is 1. The summed E-state index contributed by atoms with van der Waals surface area (Å²) >= 11 is 1.86. The first kappa shape index (κ1) is 19.5. The largest absolute Gasteiger partial charge is 0.322 e. The van der Waals surface area contributed by atoms with Gasteiger partial charge in [-0.2, -0.15) is 0 Å². The van der Waals surface area contributed by atoms with Gasteiger partial charge >= 0.3 is 0 Å². The van der Waals surface area contributed by atoms with E-state index in [-0.39, 0.29) is 24.1 Å². The average Bonchev–Trinajstić information content (AvgIpc) is 3.37. The van der Waals surface area contributed by atoms with Gasteiger partial charge in [0.25, 0.3) is 5.91 Å². The first-order chi connectivity index (χ1) is 14.6. The van der Waals surface area contributed by atoms with Crippen LogP contribution in [0.15, 0.2) is 35.7 Å². The molecule has 6 nitrogen and oxygen atoms in total. The van der Waals surface area contributed by atoms with Gasteiger partial charge in [0.1, 0.15) is 6.04 Å². The number of rotatable bonds is 4. The van der Waals surface area contributed by atoms with Crippen molar-refractivity contribution < 1.29 is 14.4 Å². The first-order valence-electron chi connectivity index (χ1n) is 10.6. The Morgan fingerprint density at radius 2 is 1.90 bits per heavy atom. The van der Waals surface area contributed by atoms with E-state index in [1.807, 2.05) is 23.5 Å². The number of carbonyl (C=O) groups excluding carboxylic acids is 3. The zero-order valence-corrected chi connectivity index (χ0v) is 17.6. The molecule has 1 unspecified atom stereocenters. The lowest BCUT2D eigenvalue weighted by Gasteiger charge is -2.31. The van der Waals surface area contributed by atoms with Gasteiger partial charge in [-0.1, -0.05) is 18.2 Å². The van der Waals surface area contributed by atoms with Gasteiger partial charge in [0.05, 0.1) is 0 Å². The Balaban J connectivity index is 1.23. The van der Waals surface area contributed by atoms with E-state index in [1.165, 1.54) is 23.3 Å². The van der Waals surface area contributed by atoms with Crippen molar-refractivity contribution in [2.24, 2.45) is 0 Å². The van der Waals surface area contributed by atoms with E-state index >= 15 is 0 Å². The third-order valence-corrected chi connectivity index (χ3v) is 7.56. The van der Waals surface area contributed by atoms with Gasteiger partial charge in [-0.05, 0) is 66.9 Å². The van der Waals surface area contributed by atoms with Gasteiger partial charge in [-0.3, -0.25) is 24.6 Å². The third-order valence-electron chi connectivity index (χ3n) is 6.53. The molecule has 1 aromatic carbocycles. The molecule has 0 radical (unpaired) electrons. The van der Waals surface area contributed by atoms with Crippen molar-refractivity contribution in [3.05, 3.63) is 57.3 Å². The Morgan fingerprint density at radius 3 is 2.63 bits per heavy atom. The van der Waals surface area contributed by atoms with E-state index in [4.69, 9.17) is 0 Å².